The molecule has 200 valence electrons. The summed E-state index contributed by atoms with van der Waals surface area (Å²) >= 11 is 0. The zero-order chi connectivity index (χ0) is 27.4. The molecule has 1 aliphatic rings. The molecule has 0 saturated carbocycles. The van der Waals surface area contributed by atoms with Gasteiger partial charge in [-0.15, -0.1) is 0 Å². The summed E-state index contributed by atoms with van der Waals surface area (Å²) in [6, 6.07) is 11.9. The van der Waals surface area contributed by atoms with Crippen LogP contribution in [0.1, 0.15) is 59.9 Å². The van der Waals surface area contributed by atoms with Crippen LogP contribution >= 0.6 is 0 Å². The van der Waals surface area contributed by atoms with E-state index in [9.17, 15) is 9.59 Å². The highest BCUT2D eigenvalue weighted by molar-refractivity contribution is 5.93. The Hall–Kier alpha value is -3.94. The lowest BCUT2D eigenvalue weighted by molar-refractivity contribution is 0.0297. The Morgan fingerprint density at radius 3 is 2.53 bits per heavy atom. The maximum Gasteiger partial charge on any atom is 0.410 e. The van der Waals surface area contributed by atoms with Crippen LogP contribution in [0.4, 0.5) is 10.6 Å². The van der Waals surface area contributed by atoms with Crippen LogP contribution in [0.3, 0.4) is 0 Å². The molecular formula is C30H36N4O4. The van der Waals surface area contributed by atoms with E-state index in [2.05, 4.69) is 22.0 Å². The second-order valence-corrected chi connectivity index (χ2v) is 10.7. The lowest BCUT2D eigenvalue weighted by atomic mass is 10.0. The predicted molar refractivity (Wildman–Crippen MR) is 148 cm³/mol. The van der Waals surface area contributed by atoms with Crippen molar-refractivity contribution >= 4 is 17.9 Å². The zero-order valence-electron chi connectivity index (χ0n) is 23.1. The van der Waals surface area contributed by atoms with Gasteiger partial charge in [0, 0.05) is 57.3 Å². The minimum atomic E-state index is -0.525. The van der Waals surface area contributed by atoms with Crippen molar-refractivity contribution in [3.05, 3.63) is 76.7 Å². The van der Waals surface area contributed by atoms with Crippen molar-refractivity contribution in [1.29, 1.82) is 0 Å². The molecule has 0 N–H and O–H groups in total. The van der Waals surface area contributed by atoms with E-state index in [0.717, 1.165) is 46.6 Å². The van der Waals surface area contributed by atoms with E-state index < -0.39 is 5.60 Å². The molecule has 0 bridgehead atoms. The molecular weight excluding hydrogens is 480 g/mol. The second-order valence-electron chi connectivity index (χ2n) is 10.7. The summed E-state index contributed by atoms with van der Waals surface area (Å²) in [6.07, 6.45) is 5.45. The van der Waals surface area contributed by atoms with E-state index in [0.29, 0.717) is 25.1 Å². The quantitative estimate of drug-likeness (QED) is 0.301. The number of anilines is 1. The number of aromatic nitrogens is 2. The zero-order valence-corrected chi connectivity index (χ0v) is 23.1. The van der Waals surface area contributed by atoms with Crippen LogP contribution in [0.5, 0.6) is 0 Å². The minimum absolute atomic E-state index is 0.326. The molecule has 1 amide bonds. The van der Waals surface area contributed by atoms with Gasteiger partial charge >= 0.3 is 12.1 Å². The largest absolute Gasteiger partial charge is 0.465 e. The lowest BCUT2D eigenvalue weighted by Gasteiger charge is -2.26. The first kappa shape index (κ1) is 27.1. The highest BCUT2D eigenvalue weighted by atomic mass is 16.6. The van der Waals surface area contributed by atoms with Gasteiger partial charge in [-0.25, -0.2) is 14.6 Å². The number of pyridine rings is 2. The number of hydrogen-bond acceptors (Lipinski definition) is 7. The third kappa shape index (κ3) is 6.30. The average Bonchev–Trinajstić information content (AvgIpc) is 3.24. The third-order valence-corrected chi connectivity index (χ3v) is 6.47. The van der Waals surface area contributed by atoms with Crippen molar-refractivity contribution in [2.75, 3.05) is 39.2 Å². The summed E-state index contributed by atoms with van der Waals surface area (Å²) in [6.45, 7) is 6.87. The Balaban J connectivity index is 1.59. The molecule has 0 radical (unpaired) electrons. The summed E-state index contributed by atoms with van der Waals surface area (Å²) in [5, 5.41) is 0. The molecule has 0 fully saturated rings. The molecule has 1 aliphatic carbocycles. The fraction of sp³-hybridized carbons (Fsp3) is 0.400. The summed E-state index contributed by atoms with van der Waals surface area (Å²) in [5.41, 5.74) is 6.52. The SMILES string of the molecule is COC(=O)c1ccc2c(c1)Cc1cc(Cc3cccnc3)nc(N(C)CCCN(C)C(=O)OC(C)(C)C)c1-2. The molecule has 2 heterocycles. The highest BCUT2D eigenvalue weighted by Crippen LogP contribution is 2.42. The predicted octanol–water partition coefficient (Wildman–Crippen LogP) is 5.12. The number of rotatable bonds is 8. The molecule has 0 aliphatic heterocycles. The molecule has 0 atom stereocenters. The maximum absolute atomic E-state index is 12.4. The third-order valence-electron chi connectivity index (χ3n) is 6.47. The first-order valence-corrected chi connectivity index (χ1v) is 12.8. The number of carbonyl (C=O) groups excluding carboxylic acids is 2. The van der Waals surface area contributed by atoms with Crippen LogP contribution in [0.2, 0.25) is 0 Å². The summed E-state index contributed by atoms with van der Waals surface area (Å²) in [5.74, 6) is 0.552. The van der Waals surface area contributed by atoms with Crippen LogP contribution in [-0.2, 0) is 22.3 Å². The molecule has 0 unspecified atom stereocenters. The molecule has 3 aromatic rings. The number of ether oxygens (including phenoxy) is 2. The Kier molecular flexibility index (Phi) is 7.99. The smallest absolute Gasteiger partial charge is 0.410 e. The van der Waals surface area contributed by atoms with Gasteiger partial charge in [0.25, 0.3) is 0 Å². The van der Waals surface area contributed by atoms with Gasteiger partial charge in [0.2, 0.25) is 0 Å². The van der Waals surface area contributed by atoms with Gasteiger partial charge in [0.15, 0.2) is 0 Å². The summed E-state index contributed by atoms with van der Waals surface area (Å²) in [7, 11) is 5.19. The van der Waals surface area contributed by atoms with Gasteiger partial charge in [0.1, 0.15) is 11.4 Å². The van der Waals surface area contributed by atoms with E-state index >= 15 is 0 Å². The fourth-order valence-corrected chi connectivity index (χ4v) is 4.67. The molecule has 0 saturated heterocycles. The van der Waals surface area contributed by atoms with E-state index in [1.54, 1.807) is 18.1 Å². The van der Waals surface area contributed by atoms with Crippen molar-refractivity contribution in [2.45, 2.75) is 45.6 Å². The molecule has 0 spiro atoms. The Labute approximate surface area is 224 Å². The Bertz CT molecular complexity index is 1320. The molecule has 8 heteroatoms. The fourth-order valence-electron chi connectivity index (χ4n) is 4.67. The molecule has 4 rings (SSSR count). The van der Waals surface area contributed by atoms with E-state index in [1.807, 2.05) is 58.3 Å². The maximum atomic E-state index is 12.4. The monoisotopic (exact) mass is 516 g/mol. The van der Waals surface area contributed by atoms with Crippen LogP contribution in [0, 0.1) is 0 Å². The number of nitrogens with zero attached hydrogens (tertiary/aromatic N) is 4. The van der Waals surface area contributed by atoms with Crippen molar-refractivity contribution in [1.82, 2.24) is 14.9 Å². The van der Waals surface area contributed by atoms with Crippen LogP contribution < -0.4 is 4.90 Å². The number of benzene rings is 1. The van der Waals surface area contributed by atoms with Crippen LogP contribution in [0.25, 0.3) is 11.1 Å². The number of hydrogen-bond donors (Lipinski definition) is 0. The van der Waals surface area contributed by atoms with E-state index in [4.69, 9.17) is 14.5 Å². The van der Waals surface area contributed by atoms with Crippen molar-refractivity contribution in [3.63, 3.8) is 0 Å². The topological polar surface area (TPSA) is 84.9 Å². The lowest BCUT2D eigenvalue weighted by Crippen LogP contribution is -2.35. The molecule has 2 aromatic heterocycles. The van der Waals surface area contributed by atoms with E-state index in [-0.39, 0.29) is 12.1 Å². The molecule has 8 nitrogen and oxygen atoms in total. The Morgan fingerprint density at radius 2 is 1.84 bits per heavy atom. The van der Waals surface area contributed by atoms with Crippen molar-refractivity contribution in [3.8, 4) is 11.1 Å². The normalized spacial score (nSPS) is 11.9. The van der Waals surface area contributed by atoms with E-state index in [1.165, 1.54) is 12.7 Å². The first-order valence-electron chi connectivity index (χ1n) is 12.8. The van der Waals surface area contributed by atoms with Gasteiger partial charge in [-0.05, 0) is 80.1 Å². The highest BCUT2D eigenvalue weighted by Gasteiger charge is 2.27. The van der Waals surface area contributed by atoms with Crippen LogP contribution in [0.15, 0.2) is 48.8 Å². The second kappa shape index (κ2) is 11.2. The minimum Gasteiger partial charge on any atom is -0.465 e. The number of amides is 1. The number of methoxy groups -OCH3 is 1. The summed E-state index contributed by atoms with van der Waals surface area (Å²) in [4.78, 5) is 37.6. The van der Waals surface area contributed by atoms with Gasteiger partial charge < -0.3 is 19.3 Å². The Morgan fingerprint density at radius 1 is 1.05 bits per heavy atom. The number of carbonyl (C=O) groups is 2. The molecule has 1 aromatic carbocycles. The standard InChI is InChI=1S/C30H36N4O4/c1-30(2,3)38-29(36)34(5)14-8-13-33(4)27-26-23(18-24(32-27)15-20-9-7-12-31-19-20)17-22-16-21(28(35)37-6)10-11-25(22)26/h7,9-12,16,18-19H,8,13-15,17H2,1-6H3. The average molecular weight is 517 g/mol. The van der Waals surface area contributed by atoms with Gasteiger partial charge in [-0.3, -0.25) is 4.98 Å². The van der Waals surface area contributed by atoms with Gasteiger partial charge in [0.05, 0.1) is 12.7 Å². The first-order chi connectivity index (χ1) is 18.1. The number of fused-ring (bicyclic) bond motifs is 3. The van der Waals surface area contributed by atoms with Crippen LogP contribution in [-0.4, -0.2) is 66.8 Å². The van der Waals surface area contributed by atoms with Gasteiger partial charge in [-0.2, -0.15) is 0 Å². The number of esters is 1. The van der Waals surface area contributed by atoms with Crippen molar-refractivity contribution in [2.24, 2.45) is 0 Å². The molecule has 38 heavy (non-hydrogen) atoms. The summed E-state index contributed by atoms with van der Waals surface area (Å²) < 4.78 is 10.4. The van der Waals surface area contributed by atoms with Crippen molar-refractivity contribution < 1.29 is 19.1 Å². The van der Waals surface area contributed by atoms with Gasteiger partial charge in [-0.1, -0.05) is 12.1 Å².